The van der Waals surface area contributed by atoms with Gasteiger partial charge in [-0.2, -0.15) is 0 Å². The molecule has 1 fully saturated rings. The van der Waals surface area contributed by atoms with E-state index in [1.54, 1.807) is 44.6 Å². The molecule has 1 aliphatic heterocycles. The molecule has 0 aliphatic carbocycles. The van der Waals surface area contributed by atoms with Crippen LogP contribution < -0.4 is 19.7 Å². The number of methoxy groups -OCH3 is 2. The lowest BCUT2D eigenvalue weighted by atomic mass is 10.1. The molecule has 0 spiro atoms. The van der Waals surface area contributed by atoms with Crippen LogP contribution in [0.3, 0.4) is 0 Å². The van der Waals surface area contributed by atoms with Gasteiger partial charge in [-0.15, -0.1) is 0 Å². The maximum absolute atomic E-state index is 13.6. The van der Waals surface area contributed by atoms with Crippen LogP contribution in [0.4, 0.5) is 5.69 Å². The maximum Gasteiger partial charge on any atom is 0.207 e. The summed E-state index contributed by atoms with van der Waals surface area (Å²) >= 11 is 0. The Bertz CT molecular complexity index is 1140. The molecule has 3 aromatic carbocycles. The molecule has 6 nitrogen and oxygen atoms in total. The van der Waals surface area contributed by atoms with Crippen molar-refractivity contribution in [2.24, 2.45) is 0 Å². The second-order valence-corrected chi connectivity index (χ2v) is 8.80. The minimum atomic E-state index is -3.73. The van der Waals surface area contributed by atoms with Gasteiger partial charge in [-0.25, -0.2) is 8.42 Å². The quantitative estimate of drug-likeness (QED) is 0.695. The van der Waals surface area contributed by atoms with Crippen molar-refractivity contribution < 1.29 is 17.9 Å². The molecule has 0 amide bonds. The molecule has 7 heteroatoms. The van der Waals surface area contributed by atoms with E-state index in [1.807, 2.05) is 24.3 Å². The molecule has 0 atom stereocenters. The van der Waals surface area contributed by atoms with Gasteiger partial charge in [0, 0.05) is 37.0 Å². The first kappa shape index (κ1) is 19.5. The summed E-state index contributed by atoms with van der Waals surface area (Å²) in [6.45, 7) is 3.29. The molecule has 3 aromatic rings. The Morgan fingerprint density at radius 2 is 1.52 bits per heavy atom. The van der Waals surface area contributed by atoms with E-state index in [9.17, 15) is 8.42 Å². The number of nitrogens with zero attached hydrogens (tertiary/aromatic N) is 1. The Morgan fingerprint density at radius 3 is 2.21 bits per heavy atom. The molecule has 1 saturated heterocycles. The number of ether oxygens (including phenoxy) is 2. The van der Waals surface area contributed by atoms with E-state index in [2.05, 4.69) is 10.2 Å². The van der Waals surface area contributed by atoms with Gasteiger partial charge in [0.2, 0.25) is 9.84 Å². The van der Waals surface area contributed by atoms with E-state index in [4.69, 9.17) is 9.47 Å². The number of sulfone groups is 1. The zero-order valence-electron chi connectivity index (χ0n) is 16.5. The monoisotopic (exact) mass is 412 g/mol. The van der Waals surface area contributed by atoms with Gasteiger partial charge in [0.25, 0.3) is 0 Å². The standard InChI is InChI=1S/C22H24N2O4S/c1-27-20-9-10-22(18-6-4-3-5-17(18)20)29(25,26)16-7-8-21(28-2)19(15-16)24-13-11-23-12-14-24/h3-10,15,23H,11-14H2,1-2H3. The number of nitrogens with one attached hydrogen (secondary N) is 1. The van der Waals surface area contributed by atoms with Gasteiger partial charge in [0.15, 0.2) is 0 Å². The fourth-order valence-corrected chi connectivity index (χ4v) is 5.26. The molecular weight excluding hydrogens is 388 g/mol. The third-order valence-electron chi connectivity index (χ3n) is 5.27. The normalized spacial score (nSPS) is 14.8. The van der Waals surface area contributed by atoms with E-state index >= 15 is 0 Å². The van der Waals surface area contributed by atoms with Crippen LogP contribution in [0.5, 0.6) is 11.5 Å². The number of fused-ring (bicyclic) bond motifs is 1. The second-order valence-electron chi connectivity index (χ2n) is 6.89. The highest BCUT2D eigenvalue weighted by Crippen LogP contribution is 2.37. The van der Waals surface area contributed by atoms with E-state index in [0.717, 1.165) is 37.3 Å². The van der Waals surface area contributed by atoms with Crippen molar-refractivity contribution in [3.05, 3.63) is 54.6 Å². The predicted molar refractivity (Wildman–Crippen MR) is 114 cm³/mol. The molecule has 0 unspecified atom stereocenters. The third-order valence-corrected chi connectivity index (χ3v) is 7.08. The van der Waals surface area contributed by atoms with Crippen molar-refractivity contribution in [2.45, 2.75) is 9.79 Å². The third kappa shape index (κ3) is 3.52. The first-order valence-corrected chi connectivity index (χ1v) is 11.0. The van der Waals surface area contributed by atoms with Crippen LogP contribution in [0.1, 0.15) is 0 Å². The average molecular weight is 413 g/mol. The number of hydrogen-bond donors (Lipinski definition) is 1. The topological polar surface area (TPSA) is 67.9 Å². The molecule has 152 valence electrons. The first-order valence-electron chi connectivity index (χ1n) is 9.51. The van der Waals surface area contributed by atoms with Crippen molar-refractivity contribution in [3.8, 4) is 11.5 Å². The highest BCUT2D eigenvalue weighted by atomic mass is 32.2. The summed E-state index contributed by atoms with van der Waals surface area (Å²) in [7, 11) is -0.544. The van der Waals surface area contributed by atoms with Gasteiger partial charge in [-0.1, -0.05) is 24.3 Å². The lowest BCUT2D eigenvalue weighted by Gasteiger charge is -2.30. The summed E-state index contributed by atoms with van der Waals surface area (Å²) in [6, 6.07) is 15.8. The summed E-state index contributed by atoms with van der Waals surface area (Å²) in [6.07, 6.45) is 0. The van der Waals surface area contributed by atoms with Gasteiger partial charge in [0.1, 0.15) is 11.5 Å². The summed E-state index contributed by atoms with van der Waals surface area (Å²) in [5.74, 6) is 1.32. The van der Waals surface area contributed by atoms with Crippen LogP contribution >= 0.6 is 0 Å². The molecule has 0 bridgehead atoms. The molecular formula is C22H24N2O4S. The zero-order valence-corrected chi connectivity index (χ0v) is 17.3. The Hall–Kier alpha value is -2.77. The minimum Gasteiger partial charge on any atom is -0.496 e. The molecule has 0 radical (unpaired) electrons. The van der Waals surface area contributed by atoms with Gasteiger partial charge in [-0.3, -0.25) is 0 Å². The number of anilines is 1. The molecule has 4 rings (SSSR count). The van der Waals surface area contributed by atoms with Crippen LogP contribution in [0.25, 0.3) is 10.8 Å². The Balaban J connectivity index is 1.85. The van der Waals surface area contributed by atoms with Gasteiger partial charge in [-0.05, 0) is 30.3 Å². The number of piperazine rings is 1. The fourth-order valence-electron chi connectivity index (χ4n) is 3.77. The van der Waals surface area contributed by atoms with Crippen molar-refractivity contribution in [1.82, 2.24) is 5.32 Å². The van der Waals surface area contributed by atoms with Crippen LogP contribution in [0.15, 0.2) is 64.4 Å². The smallest absolute Gasteiger partial charge is 0.207 e. The second kappa shape index (κ2) is 7.93. The number of rotatable bonds is 5. The largest absolute Gasteiger partial charge is 0.496 e. The van der Waals surface area contributed by atoms with Crippen molar-refractivity contribution >= 4 is 26.3 Å². The maximum atomic E-state index is 13.6. The molecule has 1 N–H and O–H groups in total. The van der Waals surface area contributed by atoms with E-state index in [0.29, 0.717) is 16.9 Å². The van der Waals surface area contributed by atoms with Crippen molar-refractivity contribution in [3.63, 3.8) is 0 Å². The molecule has 1 aliphatic rings. The Morgan fingerprint density at radius 1 is 0.862 bits per heavy atom. The molecule has 29 heavy (non-hydrogen) atoms. The molecule has 0 saturated carbocycles. The lowest BCUT2D eigenvalue weighted by molar-refractivity contribution is 0.412. The lowest BCUT2D eigenvalue weighted by Crippen LogP contribution is -2.43. The SMILES string of the molecule is COc1ccc(S(=O)(=O)c2ccc(OC)c3ccccc23)cc1N1CCNCC1. The van der Waals surface area contributed by atoms with E-state index in [-0.39, 0.29) is 9.79 Å². The molecule has 1 heterocycles. The minimum absolute atomic E-state index is 0.252. The predicted octanol–water partition coefficient (Wildman–Crippen LogP) is 3.10. The van der Waals surface area contributed by atoms with E-state index in [1.165, 1.54) is 0 Å². The summed E-state index contributed by atoms with van der Waals surface area (Å²) < 4.78 is 38.0. The number of benzene rings is 3. The Kier molecular flexibility index (Phi) is 5.34. The van der Waals surface area contributed by atoms with Crippen molar-refractivity contribution in [1.29, 1.82) is 0 Å². The van der Waals surface area contributed by atoms with Gasteiger partial charge < -0.3 is 19.7 Å². The fraction of sp³-hybridized carbons (Fsp3) is 0.273. The highest BCUT2D eigenvalue weighted by Gasteiger charge is 2.24. The first-order chi connectivity index (χ1) is 14.1. The average Bonchev–Trinajstić information content (AvgIpc) is 2.78. The zero-order chi connectivity index (χ0) is 20.4. The van der Waals surface area contributed by atoms with Crippen molar-refractivity contribution in [2.75, 3.05) is 45.3 Å². The van der Waals surface area contributed by atoms with Crippen LogP contribution in [0, 0.1) is 0 Å². The van der Waals surface area contributed by atoms with Crippen LogP contribution in [0.2, 0.25) is 0 Å². The van der Waals surface area contributed by atoms with Gasteiger partial charge in [0.05, 0.1) is 29.7 Å². The highest BCUT2D eigenvalue weighted by molar-refractivity contribution is 7.91. The van der Waals surface area contributed by atoms with Gasteiger partial charge >= 0.3 is 0 Å². The molecule has 0 aromatic heterocycles. The Labute approximate surface area is 171 Å². The summed E-state index contributed by atoms with van der Waals surface area (Å²) in [5.41, 5.74) is 0.799. The number of hydrogen-bond acceptors (Lipinski definition) is 6. The van der Waals surface area contributed by atoms with Crippen LogP contribution in [-0.2, 0) is 9.84 Å². The summed E-state index contributed by atoms with van der Waals surface area (Å²) in [4.78, 5) is 2.67. The summed E-state index contributed by atoms with van der Waals surface area (Å²) in [5, 5.41) is 4.73. The van der Waals surface area contributed by atoms with Crippen LogP contribution in [-0.4, -0.2) is 48.8 Å². The van der Waals surface area contributed by atoms with E-state index < -0.39 is 9.84 Å².